The van der Waals surface area contributed by atoms with Gasteiger partial charge in [0.25, 0.3) is 10.1 Å². The molecule has 0 aromatic rings. The quantitative estimate of drug-likeness (QED) is 0.0673. The number of ether oxygens (including phenoxy) is 1. The predicted octanol–water partition coefficient (Wildman–Crippen LogP) is 0.546. The zero-order valence-corrected chi connectivity index (χ0v) is 33.2. The minimum atomic E-state index is -4.94. The maximum absolute atomic E-state index is 10.2. The van der Waals surface area contributed by atoms with Crippen LogP contribution in [-0.2, 0) is 24.4 Å². The number of hydrogen-bond acceptors (Lipinski definition) is 7. The molecule has 0 fully saturated rings. The van der Waals surface area contributed by atoms with Crippen LogP contribution in [0, 0.1) is 0 Å². The summed E-state index contributed by atoms with van der Waals surface area (Å²) in [6.45, 7) is 6.58. The summed E-state index contributed by atoms with van der Waals surface area (Å²) in [6, 6.07) is 0. The minimum Gasteiger partial charge on any atom is -0.550 e. The molecule has 0 aliphatic carbocycles. The third-order valence-electron chi connectivity index (χ3n) is 7.26. The molecule has 11 heteroatoms. The second-order valence-electron chi connectivity index (χ2n) is 11.3. The Morgan fingerprint density at radius 1 is 0.558 bits per heavy atom. The summed E-state index contributed by atoms with van der Waals surface area (Å²) in [7, 11) is -4.94. The normalized spacial score (nSPS) is 11.5. The molecule has 1 unspecified atom stereocenters. The molecule has 0 aliphatic heterocycles. The molecular formula is C32H62Na2O8S. The average molecular weight is 653 g/mol. The number of carbonyl (C=O) groups is 2. The van der Waals surface area contributed by atoms with Gasteiger partial charge in [-0.3, -0.25) is 4.55 Å². The molecule has 1 atom stereocenters. The Balaban J connectivity index is -0.000000459. The molecule has 0 saturated carbocycles. The first-order chi connectivity index (χ1) is 19.7. The monoisotopic (exact) mass is 652 g/mol. The van der Waals surface area contributed by atoms with E-state index < -0.39 is 33.7 Å². The summed E-state index contributed by atoms with van der Waals surface area (Å²) in [6.07, 6.45) is 32.8. The van der Waals surface area contributed by atoms with E-state index in [1.165, 1.54) is 154 Å². The molecule has 0 saturated heterocycles. The molecule has 0 aromatic carbocycles. The Labute approximate surface area is 309 Å². The summed E-state index contributed by atoms with van der Waals surface area (Å²) in [5, 5.41) is 17.3. The Bertz CT molecular complexity index is 667. The molecule has 0 aliphatic rings. The first-order valence-corrected chi connectivity index (χ1v) is 18.1. The Kier molecular flexibility index (Phi) is 45.9. The van der Waals surface area contributed by atoms with Gasteiger partial charge in [0.2, 0.25) is 0 Å². The van der Waals surface area contributed by atoms with Crippen LogP contribution < -0.4 is 69.3 Å². The van der Waals surface area contributed by atoms with Crippen molar-refractivity contribution in [2.75, 3.05) is 13.2 Å². The Morgan fingerprint density at radius 2 is 0.814 bits per heavy atom. The molecule has 0 aromatic heterocycles. The van der Waals surface area contributed by atoms with E-state index >= 15 is 0 Å². The van der Waals surface area contributed by atoms with Crippen molar-refractivity contribution in [2.24, 2.45) is 0 Å². The molecule has 0 bridgehead atoms. The Morgan fingerprint density at radius 3 is 1.00 bits per heavy atom. The predicted molar refractivity (Wildman–Crippen MR) is 163 cm³/mol. The van der Waals surface area contributed by atoms with E-state index in [9.17, 15) is 28.2 Å². The molecule has 0 radical (unpaired) electrons. The number of hydrogen-bond donors (Lipinski definition) is 1. The van der Waals surface area contributed by atoms with Gasteiger partial charge >= 0.3 is 59.1 Å². The second-order valence-corrected chi connectivity index (χ2v) is 12.9. The zero-order chi connectivity index (χ0) is 31.0. The Hall–Kier alpha value is 0.810. The van der Waals surface area contributed by atoms with Crippen molar-refractivity contribution in [1.82, 2.24) is 0 Å². The van der Waals surface area contributed by atoms with Gasteiger partial charge in [-0.2, -0.15) is 8.42 Å². The van der Waals surface area contributed by atoms with E-state index in [-0.39, 0.29) is 59.1 Å². The first-order valence-electron chi connectivity index (χ1n) is 16.6. The van der Waals surface area contributed by atoms with Gasteiger partial charge in [0.1, 0.15) is 5.25 Å². The molecule has 8 nitrogen and oxygen atoms in total. The van der Waals surface area contributed by atoms with Gasteiger partial charge < -0.3 is 24.5 Å². The van der Waals surface area contributed by atoms with Gasteiger partial charge in [-0.25, -0.2) is 0 Å². The number of aliphatic carboxylic acids is 2. The summed E-state index contributed by atoms with van der Waals surface area (Å²) >= 11 is 0. The largest absolute Gasteiger partial charge is 1.00 e. The third kappa shape index (κ3) is 42.8. The number of rotatable bonds is 30. The van der Waals surface area contributed by atoms with Gasteiger partial charge in [-0.05, 0) is 12.8 Å². The average Bonchev–Trinajstić information content (AvgIpc) is 2.91. The maximum atomic E-state index is 10.2. The smallest absolute Gasteiger partial charge is 0.550 e. The van der Waals surface area contributed by atoms with Crippen molar-refractivity contribution in [3.8, 4) is 0 Å². The van der Waals surface area contributed by atoms with E-state index in [2.05, 4.69) is 13.8 Å². The van der Waals surface area contributed by atoms with Crippen molar-refractivity contribution >= 4 is 22.1 Å². The van der Waals surface area contributed by atoms with E-state index in [1.807, 2.05) is 0 Å². The molecule has 246 valence electrons. The van der Waals surface area contributed by atoms with Crippen LogP contribution in [0.25, 0.3) is 0 Å². The van der Waals surface area contributed by atoms with Gasteiger partial charge in [0.05, 0.1) is 5.97 Å². The van der Waals surface area contributed by atoms with Crippen LogP contribution >= 0.6 is 0 Å². The second kappa shape index (κ2) is 39.0. The molecule has 0 amide bonds. The van der Waals surface area contributed by atoms with E-state index in [0.29, 0.717) is 0 Å². The van der Waals surface area contributed by atoms with Crippen LogP contribution in [-0.4, -0.2) is 43.4 Å². The summed E-state index contributed by atoms with van der Waals surface area (Å²) in [5.74, 6) is -4.08. The minimum absolute atomic E-state index is 0. The number of carboxylic acid groups (broad SMARTS) is 2. The molecule has 0 heterocycles. The topological polar surface area (TPSA) is 144 Å². The fraction of sp³-hybridized carbons (Fsp3) is 0.938. The number of unbranched alkanes of at least 4 members (excludes halogenated alkanes) is 22. The van der Waals surface area contributed by atoms with E-state index in [4.69, 9.17) is 9.29 Å². The number of carbonyl (C=O) groups excluding carboxylic acids is 2. The van der Waals surface area contributed by atoms with E-state index in [0.717, 1.165) is 13.2 Å². The molecule has 0 spiro atoms. The molecule has 43 heavy (non-hydrogen) atoms. The van der Waals surface area contributed by atoms with Crippen molar-refractivity contribution in [3.05, 3.63) is 0 Å². The van der Waals surface area contributed by atoms with Gasteiger partial charge in [0, 0.05) is 25.6 Å². The van der Waals surface area contributed by atoms with Crippen LogP contribution in [0.1, 0.15) is 174 Å². The summed E-state index contributed by atoms with van der Waals surface area (Å²) in [5.41, 5.74) is 0. The van der Waals surface area contributed by atoms with Gasteiger partial charge in [-0.1, -0.05) is 155 Å². The van der Waals surface area contributed by atoms with E-state index in [1.54, 1.807) is 0 Å². The standard InChI is InChI=1S/C28H58O.C4H6O7S.2Na/c1-3-5-7-9-11-13-15-17-19-21-23-25-27-29-28-26-24-22-20-18-16-14-12-10-8-6-4-2;5-3(6)1-2(4(7)8)12(9,10)11;;/h3-28H2,1-2H3;2H,1H2,(H,5,6)(H,7,8)(H,9,10,11);;/q;;2*+1/p-2. The van der Waals surface area contributed by atoms with Crippen LogP contribution in [0.4, 0.5) is 0 Å². The van der Waals surface area contributed by atoms with Crippen molar-refractivity contribution in [1.29, 1.82) is 0 Å². The van der Waals surface area contributed by atoms with Crippen LogP contribution in [0.15, 0.2) is 0 Å². The van der Waals surface area contributed by atoms with Gasteiger partial charge in [-0.15, -0.1) is 0 Å². The first kappa shape index (κ1) is 50.7. The van der Waals surface area contributed by atoms with Crippen molar-refractivity contribution in [2.45, 2.75) is 180 Å². The SMILES string of the molecule is CCCCCCCCCCCCCCOCCCCCCCCCCCCCC.O=C([O-])CC(C(=O)[O-])S(=O)(=O)O.[Na+].[Na+]. The fourth-order valence-corrected chi connectivity index (χ4v) is 5.24. The third-order valence-corrected chi connectivity index (χ3v) is 8.34. The van der Waals surface area contributed by atoms with Crippen LogP contribution in [0.5, 0.6) is 0 Å². The molecule has 1 N–H and O–H groups in total. The molecule has 0 rings (SSSR count). The molecular weight excluding hydrogens is 590 g/mol. The zero-order valence-electron chi connectivity index (χ0n) is 28.4. The van der Waals surface area contributed by atoms with Gasteiger partial charge in [0.15, 0.2) is 0 Å². The van der Waals surface area contributed by atoms with Crippen LogP contribution in [0.3, 0.4) is 0 Å². The maximum Gasteiger partial charge on any atom is 1.00 e. The summed E-state index contributed by atoms with van der Waals surface area (Å²) in [4.78, 5) is 19.7. The summed E-state index contributed by atoms with van der Waals surface area (Å²) < 4.78 is 34.3. The van der Waals surface area contributed by atoms with Crippen molar-refractivity contribution < 1.29 is 96.6 Å². The van der Waals surface area contributed by atoms with Crippen molar-refractivity contribution in [3.63, 3.8) is 0 Å². The fourth-order valence-electron chi connectivity index (χ4n) is 4.65. The number of carboxylic acids is 2. The van der Waals surface area contributed by atoms with Crippen LogP contribution in [0.2, 0.25) is 0 Å².